The number of hydrogen-bond acceptors (Lipinski definition) is 3. The van der Waals surface area contributed by atoms with Crippen LogP contribution in [-0.2, 0) is 6.54 Å². The van der Waals surface area contributed by atoms with Crippen LogP contribution in [-0.4, -0.2) is 11.0 Å². The summed E-state index contributed by atoms with van der Waals surface area (Å²) >= 11 is 0. The molecule has 3 nitrogen and oxygen atoms in total. The zero-order chi connectivity index (χ0) is 13.9. The highest BCUT2D eigenvalue weighted by Crippen LogP contribution is 2.24. The minimum atomic E-state index is -0.259. The number of nitrogens with zero attached hydrogens (tertiary/aromatic N) is 1. The third-order valence-corrected chi connectivity index (χ3v) is 3.28. The molecular weight excluding hydrogens is 255 g/mol. The maximum Gasteiger partial charge on any atom is 0.219 e. The summed E-state index contributed by atoms with van der Waals surface area (Å²) in [5.74, 6) is 0.909. The van der Waals surface area contributed by atoms with Crippen LogP contribution in [0.15, 0.2) is 36.4 Å². The molecule has 104 valence electrons. The second kappa shape index (κ2) is 5.59. The van der Waals surface area contributed by atoms with Gasteiger partial charge in [-0.15, -0.1) is 0 Å². The van der Waals surface area contributed by atoms with Crippen molar-refractivity contribution >= 4 is 0 Å². The summed E-state index contributed by atoms with van der Waals surface area (Å²) in [4.78, 5) is 4.45. The highest BCUT2D eigenvalue weighted by atomic mass is 19.1. The lowest BCUT2D eigenvalue weighted by Crippen LogP contribution is -2.16. The van der Waals surface area contributed by atoms with Crippen molar-refractivity contribution in [2.75, 3.05) is 0 Å². The maximum atomic E-state index is 13.1. The first-order valence-corrected chi connectivity index (χ1v) is 6.84. The number of halogens is 1. The van der Waals surface area contributed by atoms with Crippen molar-refractivity contribution in [3.05, 3.63) is 53.5 Å². The van der Waals surface area contributed by atoms with E-state index in [9.17, 15) is 4.39 Å². The Labute approximate surface area is 117 Å². The lowest BCUT2D eigenvalue weighted by atomic mass is 10.2. The first-order valence-electron chi connectivity index (χ1n) is 6.84. The molecule has 1 N–H and O–H groups in total. The number of benzene rings is 1. The second-order valence-corrected chi connectivity index (χ2v) is 5.13. The van der Waals surface area contributed by atoms with Gasteiger partial charge in [0.1, 0.15) is 11.6 Å². The first kappa shape index (κ1) is 13.1. The molecule has 0 atom stereocenters. The summed E-state index contributed by atoms with van der Waals surface area (Å²) < 4.78 is 18.8. The van der Waals surface area contributed by atoms with Crippen molar-refractivity contribution < 1.29 is 9.13 Å². The highest BCUT2D eigenvalue weighted by Gasteiger charge is 2.20. The Morgan fingerprint density at radius 1 is 1.30 bits per heavy atom. The Kier molecular flexibility index (Phi) is 3.65. The molecule has 1 aromatic carbocycles. The van der Waals surface area contributed by atoms with Gasteiger partial charge in [-0.1, -0.05) is 6.07 Å². The third kappa shape index (κ3) is 3.33. The lowest BCUT2D eigenvalue weighted by Gasteiger charge is -2.09. The van der Waals surface area contributed by atoms with Crippen molar-refractivity contribution in [2.45, 2.75) is 32.4 Å². The Morgan fingerprint density at radius 3 is 2.90 bits per heavy atom. The topological polar surface area (TPSA) is 34.1 Å². The van der Waals surface area contributed by atoms with Crippen molar-refractivity contribution in [2.24, 2.45) is 0 Å². The summed E-state index contributed by atoms with van der Waals surface area (Å²) in [6.45, 7) is 2.57. The zero-order valence-corrected chi connectivity index (χ0v) is 11.4. The third-order valence-electron chi connectivity index (χ3n) is 3.28. The van der Waals surface area contributed by atoms with Crippen molar-refractivity contribution in [1.29, 1.82) is 0 Å². The maximum absolute atomic E-state index is 13.1. The van der Waals surface area contributed by atoms with Gasteiger partial charge in [-0.05, 0) is 49.6 Å². The van der Waals surface area contributed by atoms with Gasteiger partial charge in [0, 0.05) is 18.7 Å². The summed E-state index contributed by atoms with van der Waals surface area (Å²) in [6, 6.07) is 10.8. The van der Waals surface area contributed by atoms with Crippen LogP contribution in [0.2, 0.25) is 0 Å². The average molecular weight is 272 g/mol. The van der Waals surface area contributed by atoms with E-state index in [2.05, 4.69) is 10.3 Å². The minimum absolute atomic E-state index is 0.259. The molecule has 0 unspecified atom stereocenters. The number of rotatable bonds is 5. The average Bonchev–Trinajstić information content (AvgIpc) is 3.24. The van der Waals surface area contributed by atoms with E-state index in [4.69, 9.17) is 4.74 Å². The fourth-order valence-corrected chi connectivity index (χ4v) is 1.99. The molecule has 0 bridgehead atoms. The molecule has 1 aromatic heterocycles. The van der Waals surface area contributed by atoms with Crippen molar-refractivity contribution in [3.8, 4) is 11.6 Å². The van der Waals surface area contributed by atoms with E-state index < -0.39 is 0 Å². The fourth-order valence-electron chi connectivity index (χ4n) is 1.99. The number of hydrogen-bond donors (Lipinski definition) is 1. The second-order valence-electron chi connectivity index (χ2n) is 5.13. The molecule has 3 rings (SSSR count). The standard InChI is InChI=1S/C16H17FN2O/c1-11-9-12(17)5-8-15(11)20-16-4-2-3-14(19-16)10-18-13-6-7-13/h2-5,8-9,13,18H,6-7,10H2,1H3. The molecule has 1 saturated carbocycles. The highest BCUT2D eigenvalue weighted by molar-refractivity contribution is 5.35. The van der Waals surface area contributed by atoms with Crippen LogP contribution >= 0.6 is 0 Å². The van der Waals surface area contributed by atoms with Gasteiger partial charge in [0.15, 0.2) is 0 Å². The van der Waals surface area contributed by atoms with Crippen LogP contribution in [0.3, 0.4) is 0 Å². The molecule has 0 radical (unpaired) electrons. The molecule has 2 aromatic rings. The van der Waals surface area contributed by atoms with E-state index in [1.54, 1.807) is 6.07 Å². The molecule has 0 spiro atoms. The van der Waals surface area contributed by atoms with Crippen molar-refractivity contribution in [1.82, 2.24) is 10.3 Å². The number of aromatic nitrogens is 1. The monoisotopic (exact) mass is 272 g/mol. The molecular formula is C16H17FN2O. The van der Waals surface area contributed by atoms with Gasteiger partial charge in [0.05, 0.1) is 5.69 Å². The molecule has 1 fully saturated rings. The first-order chi connectivity index (χ1) is 9.70. The van der Waals surface area contributed by atoms with Crippen LogP contribution < -0.4 is 10.1 Å². The summed E-state index contributed by atoms with van der Waals surface area (Å²) in [7, 11) is 0. The SMILES string of the molecule is Cc1cc(F)ccc1Oc1cccc(CNC2CC2)n1. The van der Waals surface area contributed by atoms with Gasteiger partial charge >= 0.3 is 0 Å². The zero-order valence-electron chi connectivity index (χ0n) is 11.4. The van der Waals surface area contributed by atoms with Crippen molar-refractivity contribution in [3.63, 3.8) is 0 Å². The minimum Gasteiger partial charge on any atom is -0.439 e. The van der Waals surface area contributed by atoms with Crippen LogP contribution in [0.5, 0.6) is 11.6 Å². The number of aryl methyl sites for hydroxylation is 1. The summed E-state index contributed by atoms with van der Waals surface area (Å²) in [6.07, 6.45) is 2.51. The molecule has 0 aliphatic heterocycles. The molecule has 0 saturated heterocycles. The normalized spacial score (nSPS) is 14.3. The van der Waals surface area contributed by atoms with Gasteiger partial charge in [-0.3, -0.25) is 0 Å². The Morgan fingerprint density at radius 2 is 2.15 bits per heavy atom. The van der Waals surface area contributed by atoms with Gasteiger partial charge in [-0.2, -0.15) is 0 Å². The fraction of sp³-hybridized carbons (Fsp3) is 0.312. The van der Waals surface area contributed by atoms with Crippen LogP contribution in [0.25, 0.3) is 0 Å². The van der Waals surface area contributed by atoms with E-state index in [-0.39, 0.29) is 5.82 Å². The largest absolute Gasteiger partial charge is 0.439 e. The van der Waals surface area contributed by atoms with Gasteiger partial charge in [0.2, 0.25) is 5.88 Å². The molecule has 1 heterocycles. The van der Waals surface area contributed by atoms with E-state index >= 15 is 0 Å². The van der Waals surface area contributed by atoms with E-state index in [1.807, 2.05) is 25.1 Å². The number of nitrogens with one attached hydrogen (secondary N) is 1. The quantitative estimate of drug-likeness (QED) is 0.903. The van der Waals surface area contributed by atoms with Crippen LogP contribution in [0.1, 0.15) is 24.1 Å². The lowest BCUT2D eigenvalue weighted by molar-refractivity contribution is 0.454. The molecule has 20 heavy (non-hydrogen) atoms. The predicted octanol–water partition coefficient (Wildman–Crippen LogP) is 3.57. The van der Waals surface area contributed by atoms with Crippen LogP contribution in [0, 0.1) is 12.7 Å². The van der Waals surface area contributed by atoms with E-state index in [0.717, 1.165) is 17.8 Å². The van der Waals surface area contributed by atoms with Gasteiger partial charge in [0.25, 0.3) is 0 Å². The smallest absolute Gasteiger partial charge is 0.219 e. The van der Waals surface area contributed by atoms with Gasteiger partial charge in [-0.25, -0.2) is 9.37 Å². The summed E-state index contributed by atoms with van der Waals surface area (Å²) in [5.41, 5.74) is 1.71. The molecule has 4 heteroatoms. The van der Waals surface area contributed by atoms with Gasteiger partial charge < -0.3 is 10.1 Å². The van der Waals surface area contributed by atoms with Crippen LogP contribution in [0.4, 0.5) is 4.39 Å². The molecule has 1 aliphatic carbocycles. The molecule has 0 amide bonds. The Bertz CT molecular complexity index is 611. The number of pyridine rings is 1. The molecule has 1 aliphatic rings. The predicted molar refractivity (Wildman–Crippen MR) is 75.3 cm³/mol. The number of ether oxygens (including phenoxy) is 1. The van der Waals surface area contributed by atoms with E-state index in [0.29, 0.717) is 17.7 Å². The summed E-state index contributed by atoms with van der Waals surface area (Å²) in [5, 5.41) is 3.42. The van der Waals surface area contributed by atoms with E-state index in [1.165, 1.54) is 25.0 Å². The Balaban J connectivity index is 1.70. The Hall–Kier alpha value is -1.94.